The topological polar surface area (TPSA) is 52.2 Å². The lowest BCUT2D eigenvalue weighted by molar-refractivity contribution is 0.0992. The minimum atomic E-state index is -0.297. The lowest BCUT2D eigenvalue weighted by Gasteiger charge is -2.06. The number of hydrogen-bond donors (Lipinski definition) is 0. The van der Waals surface area contributed by atoms with Gasteiger partial charge in [0.25, 0.3) is 5.91 Å². The molecule has 0 radical (unpaired) electrons. The summed E-state index contributed by atoms with van der Waals surface area (Å²) in [6.07, 6.45) is 0. The van der Waals surface area contributed by atoms with E-state index in [1.165, 1.54) is 22.5 Å². The maximum Gasteiger partial charge on any atom is 0.300 e. The van der Waals surface area contributed by atoms with E-state index in [9.17, 15) is 4.79 Å². The number of rotatable bonds is 2. The number of aryl methyl sites for hydroxylation is 4. The standard InChI is InChI=1S/C18H22N4OS/c1-10(2)22-12(4)9-14(20-22)17(23)19-18-21(6)16-13(5)11(3)7-8-15(16)24-18/h7-10H,1-6H3. The van der Waals surface area contributed by atoms with Gasteiger partial charge in [0.05, 0.1) is 10.2 Å². The molecule has 0 N–H and O–H groups in total. The number of thiazole rings is 1. The highest BCUT2D eigenvalue weighted by atomic mass is 32.1. The van der Waals surface area contributed by atoms with E-state index in [0.717, 1.165) is 15.9 Å². The molecule has 2 heterocycles. The van der Waals surface area contributed by atoms with Gasteiger partial charge in [0.2, 0.25) is 0 Å². The van der Waals surface area contributed by atoms with E-state index in [-0.39, 0.29) is 11.9 Å². The molecule has 6 heteroatoms. The summed E-state index contributed by atoms with van der Waals surface area (Å²) in [6, 6.07) is 6.21. The summed E-state index contributed by atoms with van der Waals surface area (Å²) in [5, 5.41) is 4.39. The lowest BCUT2D eigenvalue weighted by Crippen LogP contribution is -2.14. The van der Waals surface area contributed by atoms with Crippen molar-refractivity contribution < 1.29 is 4.79 Å². The van der Waals surface area contributed by atoms with Crippen LogP contribution in [-0.4, -0.2) is 20.3 Å². The van der Waals surface area contributed by atoms with Gasteiger partial charge in [-0.15, -0.1) is 0 Å². The third kappa shape index (κ3) is 2.71. The lowest BCUT2D eigenvalue weighted by atomic mass is 10.1. The Bertz CT molecular complexity index is 1000. The van der Waals surface area contributed by atoms with Crippen molar-refractivity contribution in [3.8, 4) is 0 Å². The highest BCUT2D eigenvalue weighted by Gasteiger charge is 2.14. The summed E-state index contributed by atoms with van der Waals surface area (Å²) in [5.41, 5.74) is 4.96. The van der Waals surface area contributed by atoms with Crippen molar-refractivity contribution in [3.63, 3.8) is 0 Å². The monoisotopic (exact) mass is 342 g/mol. The number of amides is 1. The highest BCUT2D eigenvalue weighted by Crippen LogP contribution is 2.23. The summed E-state index contributed by atoms with van der Waals surface area (Å²) in [4.78, 5) is 17.5. The van der Waals surface area contributed by atoms with E-state index < -0.39 is 0 Å². The highest BCUT2D eigenvalue weighted by molar-refractivity contribution is 7.16. The van der Waals surface area contributed by atoms with Crippen LogP contribution in [0.15, 0.2) is 23.2 Å². The van der Waals surface area contributed by atoms with Gasteiger partial charge in [0, 0.05) is 18.8 Å². The van der Waals surface area contributed by atoms with Crippen LogP contribution in [0.25, 0.3) is 10.2 Å². The normalized spacial score (nSPS) is 12.5. The fourth-order valence-corrected chi connectivity index (χ4v) is 3.97. The van der Waals surface area contributed by atoms with Gasteiger partial charge < -0.3 is 4.57 Å². The van der Waals surface area contributed by atoms with E-state index in [4.69, 9.17) is 0 Å². The van der Waals surface area contributed by atoms with Gasteiger partial charge in [-0.1, -0.05) is 17.4 Å². The van der Waals surface area contributed by atoms with Crippen molar-refractivity contribution in [1.29, 1.82) is 0 Å². The van der Waals surface area contributed by atoms with E-state index in [1.807, 2.05) is 37.1 Å². The van der Waals surface area contributed by atoms with Crippen LogP contribution in [0, 0.1) is 20.8 Å². The van der Waals surface area contributed by atoms with Gasteiger partial charge in [-0.25, -0.2) is 0 Å². The van der Waals surface area contributed by atoms with E-state index in [1.54, 1.807) is 6.07 Å². The molecule has 0 spiro atoms. The Balaban J connectivity index is 2.10. The predicted molar refractivity (Wildman–Crippen MR) is 97.5 cm³/mol. The van der Waals surface area contributed by atoms with Crippen molar-refractivity contribution in [2.45, 2.75) is 40.7 Å². The Kier molecular flexibility index (Phi) is 4.17. The van der Waals surface area contributed by atoms with Crippen LogP contribution < -0.4 is 4.80 Å². The van der Waals surface area contributed by atoms with Crippen molar-refractivity contribution in [2.24, 2.45) is 12.0 Å². The van der Waals surface area contributed by atoms with Gasteiger partial charge in [-0.2, -0.15) is 10.1 Å². The van der Waals surface area contributed by atoms with E-state index in [0.29, 0.717) is 10.5 Å². The number of fused-ring (bicyclic) bond motifs is 1. The van der Waals surface area contributed by atoms with Crippen LogP contribution in [0.3, 0.4) is 0 Å². The van der Waals surface area contributed by atoms with Crippen LogP contribution >= 0.6 is 11.3 Å². The quantitative estimate of drug-likeness (QED) is 0.713. The molecule has 0 aliphatic heterocycles. The number of benzene rings is 1. The summed E-state index contributed by atoms with van der Waals surface area (Å²) >= 11 is 1.53. The molecule has 0 aliphatic carbocycles. The maximum atomic E-state index is 12.5. The first-order chi connectivity index (χ1) is 11.3. The molecule has 0 aliphatic rings. The third-order valence-corrected chi connectivity index (χ3v) is 5.41. The minimum Gasteiger partial charge on any atom is -0.319 e. The molecule has 3 aromatic rings. The zero-order chi connectivity index (χ0) is 17.6. The Morgan fingerprint density at radius 1 is 1.25 bits per heavy atom. The molecule has 3 rings (SSSR count). The van der Waals surface area contributed by atoms with Crippen molar-refractivity contribution in [2.75, 3.05) is 0 Å². The predicted octanol–water partition coefficient (Wildman–Crippen LogP) is 3.68. The zero-order valence-corrected chi connectivity index (χ0v) is 15.7. The average molecular weight is 342 g/mol. The molecule has 0 saturated carbocycles. The Labute approximate surface area is 145 Å². The van der Waals surface area contributed by atoms with E-state index in [2.05, 4.69) is 36.1 Å². The molecule has 5 nitrogen and oxygen atoms in total. The molecule has 2 aromatic heterocycles. The Morgan fingerprint density at radius 2 is 1.96 bits per heavy atom. The number of carbonyl (C=O) groups is 1. The number of nitrogens with zero attached hydrogens (tertiary/aromatic N) is 4. The van der Waals surface area contributed by atoms with Gasteiger partial charge in [0.15, 0.2) is 10.5 Å². The average Bonchev–Trinajstić information content (AvgIpc) is 3.05. The molecule has 1 aromatic carbocycles. The van der Waals surface area contributed by atoms with Crippen molar-refractivity contribution in [3.05, 3.63) is 45.5 Å². The summed E-state index contributed by atoms with van der Waals surface area (Å²) in [7, 11) is 1.95. The van der Waals surface area contributed by atoms with Crippen LogP contribution in [0.5, 0.6) is 0 Å². The maximum absolute atomic E-state index is 12.5. The van der Waals surface area contributed by atoms with Crippen molar-refractivity contribution in [1.82, 2.24) is 14.3 Å². The molecular weight excluding hydrogens is 320 g/mol. The Morgan fingerprint density at radius 3 is 2.58 bits per heavy atom. The molecule has 0 bridgehead atoms. The second kappa shape index (κ2) is 6.02. The van der Waals surface area contributed by atoms with Crippen LogP contribution in [0.1, 0.15) is 47.2 Å². The summed E-state index contributed by atoms with van der Waals surface area (Å²) in [6.45, 7) is 10.2. The first kappa shape index (κ1) is 16.6. The fraction of sp³-hybridized carbons (Fsp3) is 0.389. The zero-order valence-electron chi connectivity index (χ0n) is 14.9. The SMILES string of the molecule is Cc1ccc2sc(=NC(=O)c3cc(C)n(C(C)C)n3)n(C)c2c1C. The molecule has 0 saturated heterocycles. The third-order valence-electron chi connectivity index (χ3n) is 4.32. The minimum absolute atomic E-state index is 0.220. The second-order valence-corrected chi connectivity index (χ2v) is 7.43. The van der Waals surface area contributed by atoms with Crippen LogP contribution in [-0.2, 0) is 7.05 Å². The van der Waals surface area contributed by atoms with Crippen LogP contribution in [0.4, 0.5) is 0 Å². The van der Waals surface area contributed by atoms with Gasteiger partial charge in [0.1, 0.15) is 0 Å². The van der Waals surface area contributed by atoms with Gasteiger partial charge >= 0.3 is 0 Å². The fourth-order valence-electron chi connectivity index (χ4n) is 2.89. The number of carbonyl (C=O) groups excluding carboxylic acids is 1. The molecular formula is C18H22N4OS. The molecule has 0 atom stereocenters. The van der Waals surface area contributed by atoms with E-state index >= 15 is 0 Å². The summed E-state index contributed by atoms with van der Waals surface area (Å²) < 4.78 is 4.98. The smallest absolute Gasteiger partial charge is 0.300 e. The van der Waals surface area contributed by atoms with Gasteiger partial charge in [-0.3, -0.25) is 9.48 Å². The first-order valence-electron chi connectivity index (χ1n) is 8.00. The van der Waals surface area contributed by atoms with Gasteiger partial charge in [-0.05, 0) is 57.9 Å². The number of hydrogen-bond acceptors (Lipinski definition) is 3. The molecule has 1 amide bonds. The first-order valence-corrected chi connectivity index (χ1v) is 8.82. The second-order valence-electron chi connectivity index (χ2n) is 6.42. The largest absolute Gasteiger partial charge is 0.319 e. The molecule has 0 unspecified atom stereocenters. The molecule has 126 valence electrons. The molecule has 24 heavy (non-hydrogen) atoms. The molecule has 0 fully saturated rings. The Hall–Kier alpha value is -2.21. The van der Waals surface area contributed by atoms with Crippen molar-refractivity contribution >= 4 is 27.5 Å². The summed E-state index contributed by atoms with van der Waals surface area (Å²) in [5.74, 6) is -0.297. The number of aromatic nitrogens is 3. The van der Waals surface area contributed by atoms with Crippen LogP contribution in [0.2, 0.25) is 0 Å².